The third-order valence-corrected chi connectivity index (χ3v) is 5.36. The lowest BCUT2D eigenvalue weighted by molar-refractivity contribution is 0.357. The van der Waals surface area contributed by atoms with Crippen LogP contribution in [-0.4, -0.2) is 38.0 Å². The second-order valence-corrected chi connectivity index (χ2v) is 7.20. The predicted octanol–water partition coefficient (Wildman–Crippen LogP) is 0.654. The summed E-state index contributed by atoms with van der Waals surface area (Å²) in [6.07, 6.45) is 3.06. The van der Waals surface area contributed by atoms with Crippen molar-refractivity contribution in [3.8, 4) is 0 Å². The molecule has 3 heterocycles. The van der Waals surface area contributed by atoms with Gasteiger partial charge in [0.25, 0.3) is 0 Å². The molecular weight excluding hydrogens is 240 g/mol. The first-order valence-electron chi connectivity index (χ1n) is 6.00. The maximum absolute atomic E-state index is 11.3. The summed E-state index contributed by atoms with van der Waals surface area (Å²) in [6.45, 7) is 1.86. The smallest absolute Gasteiger partial charge is 0.199 e. The van der Waals surface area contributed by atoms with Gasteiger partial charge in [0.2, 0.25) is 0 Å². The van der Waals surface area contributed by atoms with Crippen LogP contribution in [0.5, 0.6) is 0 Å². The summed E-state index contributed by atoms with van der Waals surface area (Å²) in [7, 11) is -2.80. The van der Waals surface area contributed by atoms with Gasteiger partial charge in [-0.2, -0.15) is 0 Å². The fraction of sp³-hybridized carbons (Fsp3) is 0.727. The third-order valence-electron chi connectivity index (χ3n) is 3.64. The van der Waals surface area contributed by atoms with Crippen LogP contribution in [0.2, 0.25) is 0 Å². The molecule has 0 atom stereocenters. The molecule has 1 N–H and O–H groups in total. The zero-order valence-electron chi connectivity index (χ0n) is 9.55. The highest BCUT2D eigenvalue weighted by molar-refractivity contribution is 7.91. The normalized spacial score (nSPS) is 25.6. The lowest BCUT2D eigenvalue weighted by Gasteiger charge is -2.23. The lowest BCUT2D eigenvalue weighted by Crippen LogP contribution is -2.40. The van der Waals surface area contributed by atoms with Gasteiger partial charge in [-0.1, -0.05) is 0 Å². The highest BCUT2D eigenvalue weighted by Crippen LogP contribution is 2.30. The van der Waals surface area contributed by atoms with Crippen molar-refractivity contribution in [3.63, 3.8) is 0 Å². The minimum Gasteiger partial charge on any atom is -0.448 e. The van der Waals surface area contributed by atoms with Crippen LogP contribution in [-0.2, 0) is 9.84 Å². The van der Waals surface area contributed by atoms with Gasteiger partial charge in [-0.25, -0.2) is 13.4 Å². The molecule has 2 fully saturated rings. The first kappa shape index (κ1) is 11.2. The molecule has 6 heteroatoms. The van der Waals surface area contributed by atoms with Crippen LogP contribution in [0.1, 0.15) is 36.3 Å². The van der Waals surface area contributed by atoms with E-state index in [0.29, 0.717) is 18.8 Å². The van der Waals surface area contributed by atoms with Crippen LogP contribution in [0, 0.1) is 0 Å². The molecule has 0 aromatic carbocycles. The second kappa shape index (κ2) is 4.10. The van der Waals surface area contributed by atoms with Crippen LogP contribution in [0.4, 0.5) is 0 Å². The van der Waals surface area contributed by atoms with E-state index in [9.17, 15) is 8.42 Å². The number of aromatic nitrogens is 1. The summed E-state index contributed by atoms with van der Waals surface area (Å²) >= 11 is 0. The van der Waals surface area contributed by atoms with Gasteiger partial charge in [-0.3, -0.25) is 0 Å². The van der Waals surface area contributed by atoms with Crippen LogP contribution in [0.15, 0.2) is 10.7 Å². The highest BCUT2D eigenvalue weighted by Gasteiger charge is 2.29. The topological polar surface area (TPSA) is 72.2 Å². The molecule has 1 aromatic rings. The molecule has 0 amide bonds. The largest absolute Gasteiger partial charge is 0.448 e. The zero-order chi connectivity index (χ0) is 11.9. The fourth-order valence-electron chi connectivity index (χ4n) is 2.32. The summed E-state index contributed by atoms with van der Waals surface area (Å²) < 4.78 is 28.2. The highest BCUT2D eigenvalue weighted by atomic mass is 32.2. The summed E-state index contributed by atoms with van der Waals surface area (Å²) in [5, 5.41) is 3.18. The minimum absolute atomic E-state index is 0.254. The van der Waals surface area contributed by atoms with Crippen LogP contribution in [0.3, 0.4) is 0 Å². The van der Waals surface area contributed by atoms with Gasteiger partial charge >= 0.3 is 0 Å². The predicted molar refractivity (Wildman–Crippen MR) is 62.7 cm³/mol. The number of rotatable bonds is 2. The van der Waals surface area contributed by atoms with E-state index in [1.165, 1.54) is 0 Å². The van der Waals surface area contributed by atoms with E-state index in [-0.39, 0.29) is 17.4 Å². The minimum atomic E-state index is -2.80. The standard InChI is InChI=1S/C11H16N2O3S/c14-17(15)3-1-8(2-4-17)10-7-16-11(13-10)9-5-12-6-9/h7-9,12H,1-6H2. The van der Waals surface area contributed by atoms with Gasteiger partial charge in [-0.05, 0) is 12.8 Å². The monoisotopic (exact) mass is 256 g/mol. The van der Waals surface area contributed by atoms with Gasteiger partial charge in [0, 0.05) is 19.0 Å². The van der Waals surface area contributed by atoms with Gasteiger partial charge in [0.05, 0.1) is 23.1 Å². The Morgan fingerprint density at radius 1 is 1.24 bits per heavy atom. The van der Waals surface area contributed by atoms with Crippen molar-refractivity contribution in [2.45, 2.75) is 24.7 Å². The van der Waals surface area contributed by atoms with Gasteiger partial charge < -0.3 is 9.73 Å². The number of nitrogens with one attached hydrogen (secondary N) is 1. The van der Waals surface area contributed by atoms with Crippen LogP contribution in [0.25, 0.3) is 0 Å². The number of oxazole rings is 1. The Morgan fingerprint density at radius 3 is 2.53 bits per heavy atom. The van der Waals surface area contributed by atoms with E-state index in [1.54, 1.807) is 6.26 Å². The molecule has 5 nitrogen and oxygen atoms in total. The van der Waals surface area contributed by atoms with Crippen molar-refractivity contribution < 1.29 is 12.8 Å². The van der Waals surface area contributed by atoms with Crippen molar-refractivity contribution in [3.05, 3.63) is 17.8 Å². The number of sulfone groups is 1. The Hall–Kier alpha value is -0.880. The molecule has 2 saturated heterocycles. The Kier molecular flexibility index (Phi) is 2.71. The van der Waals surface area contributed by atoms with Crippen molar-refractivity contribution >= 4 is 9.84 Å². The Labute approximate surface area is 101 Å². The number of hydrogen-bond acceptors (Lipinski definition) is 5. The molecular formula is C11H16N2O3S. The van der Waals surface area contributed by atoms with Crippen molar-refractivity contribution in [1.29, 1.82) is 0 Å². The van der Waals surface area contributed by atoms with Gasteiger partial charge in [0.15, 0.2) is 5.89 Å². The molecule has 0 bridgehead atoms. The van der Waals surface area contributed by atoms with Gasteiger partial charge in [0.1, 0.15) is 16.1 Å². The van der Waals surface area contributed by atoms with Crippen molar-refractivity contribution in [1.82, 2.24) is 10.3 Å². The fourth-order valence-corrected chi connectivity index (χ4v) is 3.82. The van der Waals surface area contributed by atoms with E-state index in [0.717, 1.165) is 24.7 Å². The third kappa shape index (κ3) is 2.24. The molecule has 1 aromatic heterocycles. The number of hydrogen-bond donors (Lipinski definition) is 1. The molecule has 0 saturated carbocycles. The van der Waals surface area contributed by atoms with Crippen LogP contribution < -0.4 is 5.32 Å². The molecule has 2 aliphatic rings. The molecule has 94 valence electrons. The summed E-state index contributed by atoms with van der Waals surface area (Å²) in [4.78, 5) is 4.50. The average Bonchev–Trinajstić information content (AvgIpc) is 2.64. The molecule has 0 spiro atoms. The lowest BCUT2D eigenvalue weighted by atomic mass is 9.99. The first-order valence-corrected chi connectivity index (χ1v) is 7.83. The Bertz CT molecular complexity index is 491. The first-order chi connectivity index (χ1) is 8.14. The van der Waals surface area contributed by atoms with E-state index in [1.807, 2.05) is 0 Å². The number of nitrogens with zero attached hydrogens (tertiary/aromatic N) is 1. The molecule has 0 unspecified atom stereocenters. The van der Waals surface area contributed by atoms with Gasteiger partial charge in [-0.15, -0.1) is 0 Å². The van der Waals surface area contributed by atoms with E-state index < -0.39 is 9.84 Å². The summed E-state index contributed by atoms with van der Waals surface area (Å²) in [5.74, 6) is 2.02. The maximum Gasteiger partial charge on any atom is 0.199 e. The molecule has 17 heavy (non-hydrogen) atoms. The van der Waals surface area contributed by atoms with E-state index >= 15 is 0 Å². The molecule has 0 aliphatic carbocycles. The van der Waals surface area contributed by atoms with Crippen molar-refractivity contribution in [2.75, 3.05) is 24.6 Å². The van der Waals surface area contributed by atoms with Crippen LogP contribution >= 0.6 is 0 Å². The van der Waals surface area contributed by atoms with E-state index in [2.05, 4.69) is 10.3 Å². The Balaban J connectivity index is 1.70. The SMILES string of the molecule is O=S1(=O)CCC(c2coc(C3CNC3)n2)CC1. The summed E-state index contributed by atoms with van der Waals surface area (Å²) in [5.41, 5.74) is 0.932. The molecule has 3 rings (SSSR count). The van der Waals surface area contributed by atoms with E-state index in [4.69, 9.17) is 4.42 Å². The second-order valence-electron chi connectivity index (χ2n) is 4.89. The quantitative estimate of drug-likeness (QED) is 0.841. The molecule has 0 radical (unpaired) electrons. The van der Waals surface area contributed by atoms with Crippen molar-refractivity contribution in [2.24, 2.45) is 0 Å². The summed E-state index contributed by atoms with van der Waals surface area (Å²) in [6, 6.07) is 0. The molecule has 2 aliphatic heterocycles. The Morgan fingerprint density at radius 2 is 1.94 bits per heavy atom. The average molecular weight is 256 g/mol. The maximum atomic E-state index is 11.3. The zero-order valence-corrected chi connectivity index (χ0v) is 10.4.